The number of hydrogen-bond acceptors (Lipinski definition) is 4. The number of aliphatic hydroxyl groups excluding tert-OH is 1. The van der Waals surface area contributed by atoms with E-state index in [4.69, 9.17) is 9.84 Å². The number of carboxylic acids is 1. The standard InChI is InChI=1S/C12H15NO4/c14-7-11-8-17-6-5-13(11)10-3-1-9(2-4-10)12(15)16/h1-4,11,14H,5-8H2,(H,15,16). The van der Waals surface area contributed by atoms with Gasteiger partial charge in [0, 0.05) is 12.2 Å². The van der Waals surface area contributed by atoms with E-state index >= 15 is 0 Å². The van der Waals surface area contributed by atoms with Crippen molar-refractivity contribution in [3.8, 4) is 0 Å². The third-order valence-electron chi connectivity index (χ3n) is 2.88. The first-order chi connectivity index (χ1) is 8.22. The maximum atomic E-state index is 10.7. The molecule has 92 valence electrons. The van der Waals surface area contributed by atoms with Crippen LogP contribution in [0.5, 0.6) is 0 Å². The van der Waals surface area contributed by atoms with Crippen LogP contribution in [0.25, 0.3) is 0 Å². The van der Waals surface area contributed by atoms with E-state index in [0.717, 1.165) is 5.69 Å². The lowest BCUT2D eigenvalue weighted by atomic mass is 10.1. The number of ether oxygens (including phenoxy) is 1. The summed E-state index contributed by atoms with van der Waals surface area (Å²) in [6, 6.07) is 6.61. The number of anilines is 1. The molecule has 1 unspecified atom stereocenters. The Hall–Kier alpha value is -1.59. The predicted molar refractivity (Wildman–Crippen MR) is 62.4 cm³/mol. The Labute approximate surface area is 99.2 Å². The second kappa shape index (κ2) is 5.16. The zero-order valence-electron chi connectivity index (χ0n) is 9.37. The molecule has 1 aliphatic heterocycles. The van der Waals surface area contributed by atoms with Gasteiger partial charge in [0.2, 0.25) is 0 Å². The molecule has 1 aromatic rings. The van der Waals surface area contributed by atoms with Crippen LogP contribution >= 0.6 is 0 Å². The van der Waals surface area contributed by atoms with Gasteiger partial charge in [-0.1, -0.05) is 0 Å². The van der Waals surface area contributed by atoms with Gasteiger partial charge in [0.25, 0.3) is 0 Å². The number of morpholine rings is 1. The molecule has 1 saturated heterocycles. The van der Waals surface area contributed by atoms with Gasteiger partial charge in [-0.05, 0) is 24.3 Å². The molecule has 17 heavy (non-hydrogen) atoms. The molecule has 1 heterocycles. The Morgan fingerprint density at radius 1 is 1.41 bits per heavy atom. The first-order valence-corrected chi connectivity index (χ1v) is 5.51. The zero-order chi connectivity index (χ0) is 12.3. The summed E-state index contributed by atoms with van der Waals surface area (Å²) in [5.74, 6) is -0.933. The molecule has 0 saturated carbocycles. The highest BCUT2D eigenvalue weighted by molar-refractivity contribution is 5.88. The van der Waals surface area contributed by atoms with Gasteiger partial charge < -0.3 is 19.8 Å². The number of rotatable bonds is 3. The van der Waals surface area contributed by atoms with Crippen LogP contribution in [-0.2, 0) is 4.74 Å². The smallest absolute Gasteiger partial charge is 0.335 e. The minimum Gasteiger partial charge on any atom is -0.478 e. The van der Waals surface area contributed by atoms with Gasteiger partial charge in [0.1, 0.15) is 0 Å². The SMILES string of the molecule is O=C(O)c1ccc(N2CCOCC2CO)cc1. The molecule has 0 bridgehead atoms. The summed E-state index contributed by atoms with van der Waals surface area (Å²) >= 11 is 0. The van der Waals surface area contributed by atoms with Crippen molar-refractivity contribution in [3.63, 3.8) is 0 Å². The highest BCUT2D eigenvalue weighted by atomic mass is 16.5. The molecule has 1 fully saturated rings. The molecular formula is C12H15NO4. The van der Waals surface area contributed by atoms with E-state index in [1.54, 1.807) is 24.3 Å². The quantitative estimate of drug-likeness (QED) is 0.804. The molecule has 1 atom stereocenters. The minimum atomic E-state index is -0.933. The third kappa shape index (κ3) is 2.57. The lowest BCUT2D eigenvalue weighted by molar-refractivity contribution is 0.0695. The second-order valence-corrected chi connectivity index (χ2v) is 3.96. The van der Waals surface area contributed by atoms with Crippen LogP contribution in [0.3, 0.4) is 0 Å². The molecule has 0 spiro atoms. The van der Waals surface area contributed by atoms with Gasteiger partial charge in [0.15, 0.2) is 0 Å². The zero-order valence-corrected chi connectivity index (χ0v) is 9.37. The van der Waals surface area contributed by atoms with E-state index in [1.165, 1.54) is 0 Å². The summed E-state index contributed by atoms with van der Waals surface area (Å²) in [6.45, 7) is 1.85. The predicted octanol–water partition coefficient (Wildman–Crippen LogP) is 0.582. The molecule has 0 amide bonds. The monoisotopic (exact) mass is 237 g/mol. The molecule has 0 radical (unpaired) electrons. The Bertz CT molecular complexity index is 390. The van der Waals surface area contributed by atoms with Gasteiger partial charge in [-0.3, -0.25) is 0 Å². The molecule has 0 aliphatic carbocycles. The van der Waals surface area contributed by atoms with Crippen LogP contribution in [-0.4, -0.2) is 48.6 Å². The molecule has 2 rings (SSSR count). The van der Waals surface area contributed by atoms with E-state index < -0.39 is 5.97 Å². The largest absolute Gasteiger partial charge is 0.478 e. The van der Waals surface area contributed by atoms with Crippen LogP contribution in [0.4, 0.5) is 5.69 Å². The van der Waals surface area contributed by atoms with E-state index in [-0.39, 0.29) is 18.2 Å². The Balaban J connectivity index is 2.17. The van der Waals surface area contributed by atoms with Crippen LogP contribution in [0, 0.1) is 0 Å². The third-order valence-corrected chi connectivity index (χ3v) is 2.88. The number of benzene rings is 1. The summed E-state index contributed by atoms with van der Waals surface area (Å²) in [4.78, 5) is 12.8. The van der Waals surface area contributed by atoms with Crippen molar-refractivity contribution in [1.29, 1.82) is 0 Å². The fourth-order valence-corrected chi connectivity index (χ4v) is 1.94. The number of carboxylic acid groups (broad SMARTS) is 1. The molecular weight excluding hydrogens is 222 g/mol. The number of aliphatic hydroxyl groups is 1. The van der Waals surface area contributed by atoms with Crippen molar-refractivity contribution in [3.05, 3.63) is 29.8 Å². The van der Waals surface area contributed by atoms with Crippen LogP contribution in [0.1, 0.15) is 10.4 Å². The van der Waals surface area contributed by atoms with Crippen LogP contribution < -0.4 is 4.90 Å². The molecule has 5 nitrogen and oxygen atoms in total. The van der Waals surface area contributed by atoms with E-state index in [2.05, 4.69) is 0 Å². The van der Waals surface area contributed by atoms with Crippen molar-refractivity contribution in [2.75, 3.05) is 31.3 Å². The normalized spacial score (nSPS) is 20.3. The number of hydrogen-bond donors (Lipinski definition) is 2. The topological polar surface area (TPSA) is 70.0 Å². The fraction of sp³-hybridized carbons (Fsp3) is 0.417. The molecule has 1 aliphatic rings. The highest BCUT2D eigenvalue weighted by Crippen LogP contribution is 2.20. The summed E-state index contributed by atoms with van der Waals surface area (Å²) in [7, 11) is 0. The van der Waals surface area contributed by atoms with E-state index in [1.807, 2.05) is 4.90 Å². The van der Waals surface area contributed by atoms with E-state index in [9.17, 15) is 9.90 Å². The summed E-state index contributed by atoms with van der Waals surface area (Å²) in [5.41, 5.74) is 1.18. The maximum Gasteiger partial charge on any atom is 0.335 e. The lowest BCUT2D eigenvalue weighted by Crippen LogP contribution is -2.47. The first kappa shape index (κ1) is 11.9. The van der Waals surface area contributed by atoms with Gasteiger partial charge in [-0.25, -0.2) is 4.79 Å². The van der Waals surface area contributed by atoms with E-state index in [0.29, 0.717) is 19.8 Å². The molecule has 2 N–H and O–H groups in total. The summed E-state index contributed by atoms with van der Waals surface area (Å²) in [5, 5.41) is 18.1. The highest BCUT2D eigenvalue weighted by Gasteiger charge is 2.22. The van der Waals surface area contributed by atoms with Crippen molar-refractivity contribution < 1.29 is 19.7 Å². The average molecular weight is 237 g/mol. The summed E-state index contributed by atoms with van der Waals surface area (Å²) < 4.78 is 5.29. The van der Waals surface area contributed by atoms with Gasteiger partial charge in [-0.2, -0.15) is 0 Å². The van der Waals surface area contributed by atoms with Crippen LogP contribution in [0.2, 0.25) is 0 Å². The molecule has 1 aromatic carbocycles. The second-order valence-electron chi connectivity index (χ2n) is 3.96. The van der Waals surface area contributed by atoms with Crippen molar-refractivity contribution >= 4 is 11.7 Å². The van der Waals surface area contributed by atoms with Gasteiger partial charge >= 0.3 is 5.97 Å². The Morgan fingerprint density at radius 2 is 2.12 bits per heavy atom. The first-order valence-electron chi connectivity index (χ1n) is 5.51. The van der Waals surface area contributed by atoms with Crippen LogP contribution in [0.15, 0.2) is 24.3 Å². The number of carbonyl (C=O) groups is 1. The Morgan fingerprint density at radius 3 is 2.71 bits per heavy atom. The lowest BCUT2D eigenvalue weighted by Gasteiger charge is -2.36. The number of aromatic carboxylic acids is 1. The van der Waals surface area contributed by atoms with Gasteiger partial charge in [0.05, 0.1) is 31.4 Å². The Kier molecular flexibility index (Phi) is 3.61. The van der Waals surface area contributed by atoms with Crippen molar-refractivity contribution in [2.45, 2.75) is 6.04 Å². The molecule has 0 aromatic heterocycles. The summed E-state index contributed by atoms with van der Waals surface area (Å²) in [6.07, 6.45) is 0. The van der Waals surface area contributed by atoms with Gasteiger partial charge in [-0.15, -0.1) is 0 Å². The fourth-order valence-electron chi connectivity index (χ4n) is 1.94. The maximum absolute atomic E-state index is 10.7. The van der Waals surface area contributed by atoms with Crippen molar-refractivity contribution in [1.82, 2.24) is 0 Å². The average Bonchev–Trinajstić information content (AvgIpc) is 2.39. The molecule has 5 heteroatoms. The number of nitrogens with zero attached hydrogens (tertiary/aromatic N) is 1. The van der Waals surface area contributed by atoms with Crippen molar-refractivity contribution in [2.24, 2.45) is 0 Å². The minimum absolute atomic E-state index is 0.0285.